The van der Waals surface area contributed by atoms with Crippen molar-refractivity contribution in [3.05, 3.63) is 95.3 Å². The van der Waals surface area contributed by atoms with Gasteiger partial charge in [-0.3, -0.25) is 9.59 Å². The zero-order chi connectivity index (χ0) is 22.1. The average Bonchev–Trinajstić information content (AvgIpc) is 2.76. The van der Waals surface area contributed by atoms with Crippen molar-refractivity contribution >= 4 is 23.7 Å². The van der Waals surface area contributed by atoms with Crippen LogP contribution < -0.4 is 15.5 Å². The minimum atomic E-state index is -0.355. The highest BCUT2D eigenvalue weighted by Gasteiger charge is 2.07. The Kier molecular flexibility index (Phi) is 7.48. The van der Waals surface area contributed by atoms with Crippen LogP contribution in [-0.2, 0) is 16.0 Å². The minimum Gasteiger partial charge on any atom is -0.483 e. The maximum Gasteiger partial charge on any atom is 0.262 e. The zero-order valence-electron chi connectivity index (χ0n) is 17.0. The Hall–Kier alpha value is -4.00. The topological polar surface area (TPSA) is 79.8 Å². The summed E-state index contributed by atoms with van der Waals surface area (Å²) in [5.41, 5.74) is 5.50. The van der Waals surface area contributed by atoms with Crippen LogP contribution in [0.1, 0.15) is 16.7 Å². The van der Waals surface area contributed by atoms with Gasteiger partial charge in [-0.05, 0) is 48.9 Å². The number of ether oxygens (including phenoxy) is 1. The van der Waals surface area contributed by atoms with Gasteiger partial charge < -0.3 is 10.1 Å². The van der Waals surface area contributed by atoms with E-state index in [1.54, 1.807) is 36.4 Å². The number of carbonyl (C=O) groups is 2. The third-order valence-electron chi connectivity index (χ3n) is 4.28. The standard InChI is InChI=1S/C24H22FN3O3/c1-17-6-12-21(13-7-17)27-24(30)16-31-22-5-3-2-4-19(22)15-26-28-23(29)14-18-8-10-20(25)11-9-18/h2-13,15H,14,16H2,1H3,(H,27,30)(H,28,29)/b26-15+. The molecule has 0 unspecified atom stereocenters. The van der Waals surface area contributed by atoms with Gasteiger partial charge in [0.05, 0.1) is 12.6 Å². The van der Waals surface area contributed by atoms with Gasteiger partial charge in [-0.15, -0.1) is 0 Å². The van der Waals surface area contributed by atoms with Crippen molar-refractivity contribution in [1.29, 1.82) is 0 Å². The molecule has 0 heterocycles. The van der Waals surface area contributed by atoms with Crippen molar-refractivity contribution in [3.63, 3.8) is 0 Å². The fourth-order valence-corrected chi connectivity index (χ4v) is 2.70. The molecule has 0 spiro atoms. The number of anilines is 1. The monoisotopic (exact) mass is 419 g/mol. The highest BCUT2D eigenvalue weighted by molar-refractivity contribution is 5.92. The van der Waals surface area contributed by atoms with E-state index in [9.17, 15) is 14.0 Å². The van der Waals surface area contributed by atoms with E-state index in [1.165, 1.54) is 18.3 Å². The van der Waals surface area contributed by atoms with Crippen LogP contribution in [0.15, 0.2) is 77.9 Å². The molecule has 0 aromatic heterocycles. The molecular weight excluding hydrogens is 397 g/mol. The molecule has 3 rings (SSSR count). The van der Waals surface area contributed by atoms with Gasteiger partial charge in [-0.25, -0.2) is 9.82 Å². The molecule has 158 valence electrons. The second-order valence-electron chi connectivity index (χ2n) is 6.84. The highest BCUT2D eigenvalue weighted by Crippen LogP contribution is 2.16. The lowest BCUT2D eigenvalue weighted by atomic mass is 10.1. The maximum atomic E-state index is 12.9. The molecule has 31 heavy (non-hydrogen) atoms. The summed E-state index contributed by atoms with van der Waals surface area (Å²) in [7, 11) is 0. The summed E-state index contributed by atoms with van der Waals surface area (Å²) >= 11 is 0. The molecule has 2 amide bonds. The summed E-state index contributed by atoms with van der Waals surface area (Å²) in [6.45, 7) is 1.80. The Bertz CT molecular complexity index is 1060. The van der Waals surface area contributed by atoms with Crippen molar-refractivity contribution in [3.8, 4) is 5.75 Å². The number of benzene rings is 3. The van der Waals surface area contributed by atoms with Crippen molar-refractivity contribution in [2.45, 2.75) is 13.3 Å². The molecule has 2 N–H and O–H groups in total. The van der Waals surface area contributed by atoms with Crippen LogP contribution in [0.5, 0.6) is 5.75 Å². The molecule has 0 saturated carbocycles. The smallest absolute Gasteiger partial charge is 0.262 e. The lowest BCUT2D eigenvalue weighted by Gasteiger charge is -2.09. The quantitative estimate of drug-likeness (QED) is 0.430. The number of nitrogens with zero attached hydrogens (tertiary/aromatic N) is 1. The SMILES string of the molecule is Cc1ccc(NC(=O)COc2ccccc2/C=N/NC(=O)Cc2ccc(F)cc2)cc1. The number of para-hydroxylation sites is 1. The minimum absolute atomic E-state index is 0.0783. The van der Waals surface area contributed by atoms with Gasteiger partial charge >= 0.3 is 0 Å². The molecule has 7 heteroatoms. The predicted molar refractivity (Wildman–Crippen MR) is 118 cm³/mol. The number of rotatable bonds is 8. The van der Waals surface area contributed by atoms with Crippen LogP contribution in [0.3, 0.4) is 0 Å². The Morgan fingerprint density at radius 1 is 0.968 bits per heavy atom. The van der Waals surface area contributed by atoms with Gasteiger partial charge in [0, 0.05) is 11.3 Å². The summed E-state index contributed by atoms with van der Waals surface area (Å²) in [4.78, 5) is 24.1. The second-order valence-corrected chi connectivity index (χ2v) is 6.84. The molecule has 3 aromatic rings. The molecule has 3 aromatic carbocycles. The molecule has 0 radical (unpaired) electrons. The van der Waals surface area contributed by atoms with Gasteiger partial charge in [0.15, 0.2) is 6.61 Å². The number of hydrazone groups is 1. The van der Waals surface area contributed by atoms with Gasteiger partial charge in [-0.2, -0.15) is 5.10 Å². The van der Waals surface area contributed by atoms with E-state index in [-0.39, 0.29) is 30.7 Å². The van der Waals surface area contributed by atoms with Crippen molar-refractivity contribution in [1.82, 2.24) is 5.43 Å². The summed E-state index contributed by atoms with van der Waals surface area (Å²) in [5.74, 6) is -0.522. The van der Waals surface area contributed by atoms with Crippen LogP contribution in [0.4, 0.5) is 10.1 Å². The molecule has 6 nitrogen and oxygen atoms in total. The highest BCUT2D eigenvalue weighted by atomic mass is 19.1. The van der Waals surface area contributed by atoms with E-state index >= 15 is 0 Å². The summed E-state index contributed by atoms with van der Waals surface area (Å²) in [6.07, 6.45) is 1.52. The van der Waals surface area contributed by atoms with E-state index in [0.29, 0.717) is 22.6 Å². The van der Waals surface area contributed by atoms with E-state index < -0.39 is 0 Å². The van der Waals surface area contributed by atoms with Crippen LogP contribution in [0.25, 0.3) is 0 Å². The first kappa shape index (κ1) is 21.7. The Balaban J connectivity index is 1.52. The molecule has 0 aliphatic rings. The van der Waals surface area contributed by atoms with Gasteiger partial charge in [0.1, 0.15) is 11.6 Å². The van der Waals surface area contributed by atoms with Gasteiger partial charge in [-0.1, -0.05) is 42.0 Å². The Labute approximate surface area is 179 Å². The van der Waals surface area contributed by atoms with Gasteiger partial charge in [0.2, 0.25) is 5.91 Å². The number of halogens is 1. The third-order valence-corrected chi connectivity index (χ3v) is 4.28. The molecule has 0 aliphatic heterocycles. The fraction of sp³-hybridized carbons (Fsp3) is 0.125. The Morgan fingerprint density at radius 2 is 1.68 bits per heavy atom. The molecule has 0 aliphatic carbocycles. The number of hydrogen-bond acceptors (Lipinski definition) is 4. The molecular formula is C24H22FN3O3. The average molecular weight is 419 g/mol. The van der Waals surface area contributed by atoms with Crippen LogP contribution in [0, 0.1) is 12.7 Å². The zero-order valence-corrected chi connectivity index (χ0v) is 17.0. The van der Waals surface area contributed by atoms with E-state index in [2.05, 4.69) is 15.8 Å². The van der Waals surface area contributed by atoms with E-state index in [4.69, 9.17) is 4.74 Å². The van der Waals surface area contributed by atoms with Crippen LogP contribution in [0.2, 0.25) is 0 Å². The summed E-state index contributed by atoms with van der Waals surface area (Å²) in [6, 6.07) is 20.2. The van der Waals surface area contributed by atoms with Crippen molar-refractivity contribution in [2.24, 2.45) is 5.10 Å². The molecule has 0 saturated heterocycles. The first-order valence-corrected chi connectivity index (χ1v) is 9.64. The first-order valence-electron chi connectivity index (χ1n) is 9.64. The predicted octanol–water partition coefficient (Wildman–Crippen LogP) is 3.84. The van der Waals surface area contributed by atoms with Crippen LogP contribution >= 0.6 is 0 Å². The van der Waals surface area contributed by atoms with E-state index in [0.717, 1.165) is 5.56 Å². The third kappa shape index (κ3) is 7.08. The summed E-state index contributed by atoms with van der Waals surface area (Å²) in [5, 5.41) is 6.71. The van der Waals surface area contributed by atoms with E-state index in [1.807, 2.05) is 31.2 Å². The Morgan fingerprint density at radius 3 is 2.42 bits per heavy atom. The maximum absolute atomic E-state index is 12.9. The van der Waals surface area contributed by atoms with Crippen LogP contribution in [-0.4, -0.2) is 24.6 Å². The lowest BCUT2D eigenvalue weighted by molar-refractivity contribution is -0.120. The number of hydrogen-bond donors (Lipinski definition) is 2. The number of nitrogens with one attached hydrogen (secondary N) is 2. The molecule has 0 bridgehead atoms. The molecule has 0 atom stereocenters. The first-order chi connectivity index (χ1) is 15.0. The summed E-state index contributed by atoms with van der Waals surface area (Å²) < 4.78 is 18.5. The fourth-order valence-electron chi connectivity index (χ4n) is 2.70. The second kappa shape index (κ2) is 10.7. The largest absolute Gasteiger partial charge is 0.483 e. The normalized spacial score (nSPS) is 10.6. The lowest BCUT2D eigenvalue weighted by Crippen LogP contribution is -2.21. The van der Waals surface area contributed by atoms with Crippen molar-refractivity contribution in [2.75, 3.05) is 11.9 Å². The number of carbonyl (C=O) groups excluding carboxylic acids is 2. The number of aryl methyl sites for hydroxylation is 1. The van der Waals surface area contributed by atoms with Crippen molar-refractivity contribution < 1.29 is 18.7 Å². The van der Waals surface area contributed by atoms with Gasteiger partial charge in [0.25, 0.3) is 5.91 Å². The molecule has 0 fully saturated rings. The number of amides is 2.